The summed E-state index contributed by atoms with van der Waals surface area (Å²) in [6, 6.07) is 11.4. The zero-order valence-electron chi connectivity index (χ0n) is 21.0. The van der Waals surface area contributed by atoms with Gasteiger partial charge in [0.2, 0.25) is 5.17 Å². The van der Waals surface area contributed by atoms with Gasteiger partial charge in [-0.15, -0.1) is 0 Å². The molecule has 0 unspecified atom stereocenters. The van der Waals surface area contributed by atoms with Crippen molar-refractivity contribution in [3.8, 4) is 17.2 Å². The van der Waals surface area contributed by atoms with Crippen molar-refractivity contribution >= 4 is 39.8 Å². The van der Waals surface area contributed by atoms with Crippen LogP contribution in [0.15, 0.2) is 52.1 Å². The van der Waals surface area contributed by atoms with Crippen LogP contribution in [0.4, 0.5) is 0 Å². The average molecular weight is 507 g/mol. The zero-order valence-corrected chi connectivity index (χ0v) is 21.8. The molecule has 36 heavy (non-hydrogen) atoms. The normalized spacial score (nSPS) is 16.1. The molecule has 1 N–H and O–H groups in total. The van der Waals surface area contributed by atoms with Crippen LogP contribution in [0.2, 0.25) is 0 Å². The van der Waals surface area contributed by atoms with Gasteiger partial charge in [-0.05, 0) is 73.9 Å². The summed E-state index contributed by atoms with van der Waals surface area (Å²) >= 11 is 1.36. The van der Waals surface area contributed by atoms with Crippen molar-refractivity contribution in [1.82, 2.24) is 5.01 Å². The third-order valence-electron chi connectivity index (χ3n) is 5.67. The first kappa shape index (κ1) is 25.5. The number of amidine groups is 2. The molecule has 0 spiro atoms. The molecule has 2 aromatic rings. The number of nitrogens with one attached hydrogen (secondary N) is 1. The van der Waals surface area contributed by atoms with E-state index in [1.165, 1.54) is 22.3 Å². The Hall–Kier alpha value is -3.59. The number of aryl methyl sites for hydroxylation is 2. The van der Waals surface area contributed by atoms with Gasteiger partial charge in [-0.2, -0.15) is 15.1 Å². The summed E-state index contributed by atoms with van der Waals surface area (Å²) in [6.07, 6.45) is 4.49. The molecule has 2 aliphatic rings. The minimum Gasteiger partial charge on any atom is -0.493 e. The lowest BCUT2D eigenvalue weighted by molar-refractivity contribution is -0.114. The zero-order chi connectivity index (χ0) is 25.7. The van der Waals surface area contributed by atoms with Gasteiger partial charge in [-0.3, -0.25) is 10.2 Å². The molecule has 0 bridgehead atoms. The van der Waals surface area contributed by atoms with Gasteiger partial charge >= 0.3 is 0 Å². The van der Waals surface area contributed by atoms with Crippen molar-refractivity contribution in [2.75, 3.05) is 20.3 Å². The van der Waals surface area contributed by atoms with E-state index in [1.54, 1.807) is 25.3 Å². The summed E-state index contributed by atoms with van der Waals surface area (Å²) in [5, 5.41) is 15.8. The molecule has 0 saturated carbocycles. The van der Waals surface area contributed by atoms with Crippen molar-refractivity contribution < 1.29 is 19.0 Å². The minimum atomic E-state index is -0.450. The van der Waals surface area contributed by atoms with E-state index >= 15 is 0 Å². The molecule has 1 amide bonds. The summed E-state index contributed by atoms with van der Waals surface area (Å²) in [7, 11) is 1.56. The summed E-state index contributed by atoms with van der Waals surface area (Å²) in [5.41, 5.74) is 3.15. The van der Waals surface area contributed by atoms with Crippen LogP contribution in [0.1, 0.15) is 42.9 Å². The standard InChI is InChI=1S/C27H30N4O4S/c1-5-6-7-24-30-31-25(28)20(26(32)29-27(31)36-24)15-19-9-11-22(23(16-19)33-4)35-13-12-34-21-10-8-17(2)14-18(21)3/h8-11,14-16,28H,5-7,12-13H2,1-4H3/b20-15-,28-25?. The van der Waals surface area contributed by atoms with Gasteiger partial charge in [0.25, 0.3) is 5.91 Å². The molecule has 4 rings (SSSR count). The fourth-order valence-corrected chi connectivity index (χ4v) is 4.71. The summed E-state index contributed by atoms with van der Waals surface area (Å²) in [5.74, 6) is 1.49. The maximum Gasteiger partial charge on any atom is 0.283 e. The Morgan fingerprint density at radius 3 is 2.53 bits per heavy atom. The van der Waals surface area contributed by atoms with Crippen LogP contribution in [0.3, 0.4) is 0 Å². The Bertz CT molecular complexity index is 1270. The number of aliphatic imine (C=N–C) groups is 1. The van der Waals surface area contributed by atoms with Gasteiger partial charge in [0.1, 0.15) is 24.0 Å². The summed E-state index contributed by atoms with van der Waals surface area (Å²) in [4.78, 5) is 16.8. The van der Waals surface area contributed by atoms with Gasteiger partial charge in [0, 0.05) is 0 Å². The van der Waals surface area contributed by atoms with Crippen LogP contribution in [0, 0.1) is 19.3 Å². The maximum absolute atomic E-state index is 12.7. The van der Waals surface area contributed by atoms with Gasteiger partial charge in [0.15, 0.2) is 17.3 Å². The molecule has 0 radical (unpaired) electrons. The number of thioether (sulfide) groups is 1. The number of unbranched alkanes of at least 4 members (excludes halogenated alkanes) is 1. The van der Waals surface area contributed by atoms with Gasteiger partial charge in [-0.1, -0.05) is 37.1 Å². The van der Waals surface area contributed by atoms with Crippen LogP contribution in [0.25, 0.3) is 6.08 Å². The van der Waals surface area contributed by atoms with E-state index in [0.29, 0.717) is 35.4 Å². The van der Waals surface area contributed by atoms with E-state index in [0.717, 1.165) is 35.6 Å². The molecule has 9 heteroatoms. The number of amides is 1. The topological polar surface area (TPSA) is 96.6 Å². The van der Waals surface area contributed by atoms with Crippen LogP contribution in [-0.4, -0.2) is 47.3 Å². The van der Waals surface area contributed by atoms with Crippen LogP contribution in [0.5, 0.6) is 17.2 Å². The van der Waals surface area contributed by atoms with Crippen molar-refractivity contribution in [2.24, 2.45) is 10.1 Å². The number of carbonyl (C=O) groups is 1. The number of rotatable bonds is 10. The van der Waals surface area contributed by atoms with Crippen LogP contribution >= 0.6 is 11.8 Å². The molecule has 0 fully saturated rings. The number of carbonyl (C=O) groups excluding carboxylic acids is 1. The monoisotopic (exact) mass is 506 g/mol. The maximum atomic E-state index is 12.7. The lowest BCUT2D eigenvalue weighted by atomic mass is 10.1. The molecule has 0 saturated heterocycles. The summed E-state index contributed by atoms with van der Waals surface area (Å²) in [6.45, 7) is 6.91. The lowest BCUT2D eigenvalue weighted by Crippen LogP contribution is -2.35. The largest absolute Gasteiger partial charge is 0.493 e. The molecular weight excluding hydrogens is 476 g/mol. The van der Waals surface area contributed by atoms with E-state index in [9.17, 15) is 4.79 Å². The molecular formula is C27H30N4O4S. The molecule has 2 aromatic carbocycles. The molecule has 0 aliphatic carbocycles. The highest BCUT2D eigenvalue weighted by Gasteiger charge is 2.35. The highest BCUT2D eigenvalue weighted by atomic mass is 32.2. The molecule has 8 nitrogen and oxygen atoms in total. The second kappa shape index (κ2) is 11.4. The van der Waals surface area contributed by atoms with Crippen LogP contribution in [-0.2, 0) is 4.79 Å². The number of hydrogen-bond acceptors (Lipinski definition) is 7. The van der Waals surface area contributed by atoms with Gasteiger partial charge in [-0.25, -0.2) is 0 Å². The second-order valence-electron chi connectivity index (χ2n) is 8.49. The first-order valence-corrected chi connectivity index (χ1v) is 12.7. The predicted octanol–water partition coefficient (Wildman–Crippen LogP) is 5.58. The fourth-order valence-electron chi connectivity index (χ4n) is 3.79. The average Bonchev–Trinajstić information content (AvgIpc) is 3.27. The van der Waals surface area contributed by atoms with E-state index in [4.69, 9.17) is 19.6 Å². The number of fused-ring (bicyclic) bond motifs is 1. The highest BCUT2D eigenvalue weighted by molar-refractivity contribution is 8.26. The Balaban J connectivity index is 1.42. The van der Waals surface area contributed by atoms with Crippen LogP contribution < -0.4 is 14.2 Å². The second-order valence-corrected chi connectivity index (χ2v) is 9.53. The van der Waals surface area contributed by atoms with Crippen molar-refractivity contribution in [2.45, 2.75) is 40.0 Å². The third-order valence-corrected chi connectivity index (χ3v) is 6.64. The van der Waals surface area contributed by atoms with Gasteiger partial charge < -0.3 is 14.2 Å². The number of hydrazone groups is 1. The lowest BCUT2D eigenvalue weighted by Gasteiger charge is -2.20. The van der Waals surface area contributed by atoms with Crippen molar-refractivity contribution in [1.29, 1.82) is 5.41 Å². The van der Waals surface area contributed by atoms with E-state index in [1.807, 2.05) is 32.0 Å². The highest BCUT2D eigenvalue weighted by Crippen LogP contribution is 2.32. The predicted molar refractivity (Wildman–Crippen MR) is 144 cm³/mol. The van der Waals surface area contributed by atoms with Gasteiger partial charge in [0.05, 0.1) is 12.7 Å². The van der Waals surface area contributed by atoms with E-state index in [-0.39, 0.29) is 11.4 Å². The Morgan fingerprint density at radius 1 is 1.06 bits per heavy atom. The Kier molecular flexibility index (Phi) is 8.10. The number of nitrogens with zero attached hydrogens (tertiary/aromatic N) is 3. The molecule has 0 atom stereocenters. The SMILES string of the molecule is CCCCC1=NN2C(=N)/C(=C/c3ccc(OCCOc4ccc(C)cc4C)c(OC)c3)C(=O)N=C2S1. The number of ether oxygens (including phenoxy) is 3. The minimum absolute atomic E-state index is 0.0202. The molecule has 188 valence electrons. The van der Waals surface area contributed by atoms with E-state index < -0.39 is 5.91 Å². The van der Waals surface area contributed by atoms with E-state index in [2.05, 4.69) is 23.1 Å². The first-order valence-electron chi connectivity index (χ1n) is 11.9. The fraction of sp³-hybridized carbons (Fsp3) is 0.333. The Morgan fingerprint density at radius 2 is 1.81 bits per heavy atom. The third kappa shape index (κ3) is 5.79. The quantitative estimate of drug-likeness (QED) is 0.334. The first-order chi connectivity index (χ1) is 17.4. The van der Waals surface area contributed by atoms with Crippen molar-refractivity contribution in [3.05, 3.63) is 58.7 Å². The Labute approximate surface area is 215 Å². The number of methoxy groups -OCH3 is 1. The number of benzene rings is 2. The molecule has 2 heterocycles. The number of hydrogen-bond donors (Lipinski definition) is 1. The summed E-state index contributed by atoms with van der Waals surface area (Å²) < 4.78 is 17.2. The van der Waals surface area contributed by atoms with Crippen molar-refractivity contribution in [3.63, 3.8) is 0 Å². The smallest absolute Gasteiger partial charge is 0.283 e. The molecule has 0 aromatic heterocycles. The molecule has 2 aliphatic heterocycles.